The molecule has 1 heterocycles. The zero-order valence-corrected chi connectivity index (χ0v) is 15.8. The highest BCUT2D eigenvalue weighted by molar-refractivity contribution is 9.10. The number of carbonyl (C=O) groups is 2. The first-order valence-corrected chi connectivity index (χ1v) is 9.16. The molecule has 5 nitrogen and oxygen atoms in total. The SMILES string of the molecule is CC(=O)N(CC(=O)O)C1CCCN(C(C)c2ccc(Br)cc2)CC1. The van der Waals surface area contributed by atoms with Crippen LogP contribution in [0.3, 0.4) is 0 Å². The number of aliphatic carboxylic acids is 1. The molecule has 1 aliphatic heterocycles. The molecule has 1 amide bonds. The van der Waals surface area contributed by atoms with E-state index in [0.717, 1.165) is 36.8 Å². The standard InChI is InChI=1S/C18H25BrN2O3/c1-13(15-5-7-16(19)8-6-15)20-10-3-4-17(9-11-20)21(14(2)22)12-18(23)24/h5-8,13,17H,3-4,9-12H2,1-2H3,(H,23,24). The van der Waals surface area contributed by atoms with Gasteiger partial charge in [0, 0.05) is 30.0 Å². The number of likely N-dealkylation sites (tertiary alicyclic amines) is 1. The van der Waals surface area contributed by atoms with E-state index in [1.807, 2.05) is 0 Å². The van der Waals surface area contributed by atoms with Gasteiger partial charge in [0.2, 0.25) is 5.91 Å². The molecule has 0 aromatic heterocycles. The molecule has 2 atom stereocenters. The van der Waals surface area contributed by atoms with Gasteiger partial charge in [0.25, 0.3) is 0 Å². The Morgan fingerprint density at radius 1 is 1.29 bits per heavy atom. The van der Waals surface area contributed by atoms with Crippen molar-refractivity contribution in [3.05, 3.63) is 34.3 Å². The van der Waals surface area contributed by atoms with E-state index in [-0.39, 0.29) is 18.5 Å². The van der Waals surface area contributed by atoms with E-state index >= 15 is 0 Å². The topological polar surface area (TPSA) is 60.9 Å². The van der Waals surface area contributed by atoms with Crippen LogP contribution in [0.25, 0.3) is 0 Å². The molecule has 0 aliphatic carbocycles. The number of benzene rings is 1. The number of rotatable bonds is 5. The summed E-state index contributed by atoms with van der Waals surface area (Å²) in [5.74, 6) is -1.11. The van der Waals surface area contributed by atoms with Gasteiger partial charge in [-0.05, 0) is 50.4 Å². The lowest BCUT2D eigenvalue weighted by Gasteiger charge is -2.30. The lowest BCUT2D eigenvalue weighted by Crippen LogP contribution is -2.42. The van der Waals surface area contributed by atoms with Gasteiger partial charge in [0.1, 0.15) is 6.54 Å². The van der Waals surface area contributed by atoms with Gasteiger partial charge in [-0.25, -0.2) is 0 Å². The highest BCUT2D eigenvalue weighted by Gasteiger charge is 2.27. The largest absolute Gasteiger partial charge is 0.480 e. The predicted molar refractivity (Wildman–Crippen MR) is 96.8 cm³/mol. The highest BCUT2D eigenvalue weighted by atomic mass is 79.9. The van der Waals surface area contributed by atoms with Crippen LogP contribution in [0, 0.1) is 0 Å². The van der Waals surface area contributed by atoms with E-state index in [0.29, 0.717) is 6.04 Å². The molecule has 1 saturated heterocycles. The van der Waals surface area contributed by atoms with Crippen molar-refractivity contribution >= 4 is 27.8 Å². The van der Waals surface area contributed by atoms with Crippen molar-refractivity contribution in [3.8, 4) is 0 Å². The number of amides is 1. The summed E-state index contributed by atoms with van der Waals surface area (Å²) >= 11 is 3.46. The summed E-state index contributed by atoms with van der Waals surface area (Å²) in [6.45, 7) is 5.28. The van der Waals surface area contributed by atoms with E-state index in [1.54, 1.807) is 0 Å². The van der Waals surface area contributed by atoms with Gasteiger partial charge in [-0.15, -0.1) is 0 Å². The van der Waals surface area contributed by atoms with Gasteiger partial charge in [-0.1, -0.05) is 28.1 Å². The fourth-order valence-corrected chi connectivity index (χ4v) is 3.66. The molecule has 1 fully saturated rings. The van der Waals surface area contributed by atoms with Gasteiger partial charge in [0.05, 0.1) is 0 Å². The Bertz CT molecular complexity index is 576. The van der Waals surface area contributed by atoms with Crippen molar-refractivity contribution < 1.29 is 14.7 Å². The smallest absolute Gasteiger partial charge is 0.323 e. The number of carbonyl (C=O) groups excluding carboxylic acids is 1. The lowest BCUT2D eigenvalue weighted by molar-refractivity contribution is -0.145. The Morgan fingerprint density at radius 3 is 2.54 bits per heavy atom. The normalized spacial score (nSPS) is 20.2. The molecule has 0 bridgehead atoms. The Kier molecular flexibility index (Phi) is 6.80. The molecule has 1 aliphatic rings. The summed E-state index contributed by atoms with van der Waals surface area (Å²) in [7, 11) is 0. The minimum absolute atomic E-state index is 0.0146. The first-order valence-electron chi connectivity index (χ1n) is 8.37. The average Bonchev–Trinajstić information content (AvgIpc) is 2.78. The van der Waals surface area contributed by atoms with E-state index in [9.17, 15) is 9.59 Å². The first-order chi connectivity index (χ1) is 11.4. The summed E-state index contributed by atoms with van der Waals surface area (Å²) in [6, 6.07) is 8.68. The maximum absolute atomic E-state index is 11.8. The summed E-state index contributed by atoms with van der Waals surface area (Å²) < 4.78 is 1.07. The summed E-state index contributed by atoms with van der Waals surface area (Å²) in [5, 5.41) is 9.04. The van der Waals surface area contributed by atoms with Crippen LogP contribution in [-0.4, -0.2) is 52.5 Å². The molecule has 0 radical (unpaired) electrons. The van der Waals surface area contributed by atoms with Crippen molar-refractivity contribution in [2.75, 3.05) is 19.6 Å². The lowest BCUT2D eigenvalue weighted by atomic mass is 10.1. The van der Waals surface area contributed by atoms with E-state index in [4.69, 9.17) is 5.11 Å². The molecule has 24 heavy (non-hydrogen) atoms. The predicted octanol–water partition coefficient (Wildman–Crippen LogP) is 3.30. The number of nitrogens with zero attached hydrogens (tertiary/aromatic N) is 2. The van der Waals surface area contributed by atoms with Crippen molar-refractivity contribution in [2.24, 2.45) is 0 Å². The molecule has 132 valence electrons. The van der Waals surface area contributed by atoms with Crippen LogP contribution in [-0.2, 0) is 9.59 Å². The molecule has 2 rings (SSSR count). The monoisotopic (exact) mass is 396 g/mol. The molecule has 2 unspecified atom stereocenters. The zero-order chi connectivity index (χ0) is 17.7. The number of hydrogen-bond donors (Lipinski definition) is 1. The average molecular weight is 397 g/mol. The number of hydrogen-bond acceptors (Lipinski definition) is 3. The Balaban J connectivity index is 2.02. The molecular weight excluding hydrogens is 372 g/mol. The first kappa shape index (κ1) is 18.9. The minimum atomic E-state index is -0.950. The second-order valence-electron chi connectivity index (χ2n) is 6.39. The van der Waals surface area contributed by atoms with Crippen LogP contribution in [0.1, 0.15) is 44.7 Å². The van der Waals surface area contributed by atoms with Crippen LogP contribution in [0.15, 0.2) is 28.7 Å². The van der Waals surface area contributed by atoms with Gasteiger partial charge in [-0.2, -0.15) is 0 Å². The van der Waals surface area contributed by atoms with Crippen molar-refractivity contribution in [3.63, 3.8) is 0 Å². The maximum atomic E-state index is 11.8. The third-order valence-electron chi connectivity index (χ3n) is 4.78. The third-order valence-corrected chi connectivity index (χ3v) is 5.31. The van der Waals surface area contributed by atoms with Crippen LogP contribution < -0.4 is 0 Å². The van der Waals surface area contributed by atoms with Gasteiger partial charge in [-0.3, -0.25) is 14.5 Å². The molecule has 0 spiro atoms. The molecule has 0 saturated carbocycles. The second-order valence-corrected chi connectivity index (χ2v) is 7.30. The van der Waals surface area contributed by atoms with Gasteiger partial charge < -0.3 is 10.0 Å². The summed E-state index contributed by atoms with van der Waals surface area (Å²) in [6.07, 6.45) is 2.64. The van der Waals surface area contributed by atoms with Crippen molar-refractivity contribution in [1.82, 2.24) is 9.80 Å². The van der Waals surface area contributed by atoms with E-state index < -0.39 is 5.97 Å². The third kappa shape index (κ3) is 5.05. The summed E-state index contributed by atoms with van der Waals surface area (Å²) in [5.41, 5.74) is 1.27. The van der Waals surface area contributed by atoms with Crippen LogP contribution in [0.2, 0.25) is 0 Å². The van der Waals surface area contributed by atoms with Crippen LogP contribution in [0.5, 0.6) is 0 Å². The van der Waals surface area contributed by atoms with Crippen LogP contribution in [0.4, 0.5) is 0 Å². The Hall–Kier alpha value is -1.40. The van der Waals surface area contributed by atoms with Crippen LogP contribution >= 0.6 is 15.9 Å². The fraction of sp³-hybridized carbons (Fsp3) is 0.556. The Morgan fingerprint density at radius 2 is 1.96 bits per heavy atom. The van der Waals surface area contributed by atoms with E-state index in [2.05, 4.69) is 52.0 Å². The van der Waals surface area contributed by atoms with Gasteiger partial charge >= 0.3 is 5.97 Å². The van der Waals surface area contributed by atoms with Crippen molar-refractivity contribution in [1.29, 1.82) is 0 Å². The molecule has 6 heteroatoms. The second kappa shape index (κ2) is 8.62. The number of halogens is 1. The Labute approximate surface area is 151 Å². The molecule has 1 aromatic carbocycles. The highest BCUT2D eigenvalue weighted by Crippen LogP contribution is 2.26. The summed E-state index contributed by atoms with van der Waals surface area (Å²) in [4.78, 5) is 26.8. The zero-order valence-electron chi connectivity index (χ0n) is 14.2. The van der Waals surface area contributed by atoms with E-state index in [1.165, 1.54) is 17.4 Å². The molecular formula is C18H25BrN2O3. The number of carboxylic acid groups (broad SMARTS) is 1. The molecule has 1 N–H and O–H groups in total. The fourth-order valence-electron chi connectivity index (χ4n) is 3.40. The van der Waals surface area contributed by atoms with Gasteiger partial charge in [0.15, 0.2) is 0 Å². The number of carboxylic acids is 1. The minimum Gasteiger partial charge on any atom is -0.480 e. The maximum Gasteiger partial charge on any atom is 0.323 e. The van der Waals surface area contributed by atoms with Crippen molar-refractivity contribution in [2.45, 2.75) is 45.2 Å². The molecule has 1 aromatic rings. The quantitative estimate of drug-likeness (QED) is 0.829.